The largest absolute Gasteiger partial charge is 0.342 e. The van der Waals surface area contributed by atoms with Crippen molar-refractivity contribution in [1.29, 1.82) is 0 Å². The van der Waals surface area contributed by atoms with Crippen molar-refractivity contribution in [3.05, 3.63) is 56.8 Å². The number of fused-ring (bicyclic) bond motifs is 1. The van der Waals surface area contributed by atoms with Crippen molar-refractivity contribution in [3.8, 4) is 0 Å². The van der Waals surface area contributed by atoms with Crippen LogP contribution in [0.2, 0.25) is 0 Å². The molecular weight excluding hydrogens is 308 g/mol. The molecule has 0 aliphatic carbocycles. The molecule has 18 heavy (non-hydrogen) atoms. The molecule has 0 unspecified atom stereocenters. The molecule has 0 aliphatic rings. The van der Waals surface area contributed by atoms with E-state index >= 15 is 0 Å². The molecular formula is C14H13BrN2S. The van der Waals surface area contributed by atoms with Crippen molar-refractivity contribution >= 4 is 38.2 Å². The van der Waals surface area contributed by atoms with E-state index in [2.05, 4.69) is 62.4 Å². The van der Waals surface area contributed by atoms with Crippen LogP contribution in [0.5, 0.6) is 0 Å². The smallest absolute Gasteiger partial charge is 0.0569 e. The van der Waals surface area contributed by atoms with Crippen molar-refractivity contribution in [2.24, 2.45) is 5.73 Å². The van der Waals surface area contributed by atoms with E-state index in [0.29, 0.717) is 6.54 Å². The van der Waals surface area contributed by atoms with Crippen LogP contribution in [-0.4, -0.2) is 4.57 Å². The Kier molecular flexibility index (Phi) is 3.24. The van der Waals surface area contributed by atoms with Crippen molar-refractivity contribution in [2.45, 2.75) is 13.1 Å². The molecule has 0 atom stereocenters. The van der Waals surface area contributed by atoms with Crippen LogP contribution in [0.1, 0.15) is 10.4 Å². The number of hydrogen-bond donors (Lipinski definition) is 1. The van der Waals surface area contributed by atoms with Gasteiger partial charge in [0, 0.05) is 33.0 Å². The van der Waals surface area contributed by atoms with Gasteiger partial charge in [0.15, 0.2) is 0 Å². The Morgan fingerprint density at radius 1 is 1.22 bits per heavy atom. The first-order valence-electron chi connectivity index (χ1n) is 5.77. The normalized spacial score (nSPS) is 11.2. The Morgan fingerprint density at radius 3 is 2.83 bits per heavy atom. The second kappa shape index (κ2) is 4.88. The highest BCUT2D eigenvalue weighted by atomic mass is 79.9. The van der Waals surface area contributed by atoms with Gasteiger partial charge in [-0.2, -0.15) is 0 Å². The fourth-order valence-corrected chi connectivity index (χ4v) is 3.57. The van der Waals surface area contributed by atoms with E-state index in [-0.39, 0.29) is 0 Å². The number of aromatic nitrogens is 1. The Labute approximate surface area is 118 Å². The van der Waals surface area contributed by atoms with E-state index in [9.17, 15) is 0 Å². The van der Waals surface area contributed by atoms with E-state index in [1.165, 1.54) is 21.3 Å². The third kappa shape index (κ3) is 2.23. The van der Waals surface area contributed by atoms with Gasteiger partial charge in [-0.05, 0) is 51.1 Å². The Morgan fingerprint density at radius 2 is 2.11 bits per heavy atom. The second-order valence-electron chi connectivity index (χ2n) is 4.27. The van der Waals surface area contributed by atoms with Crippen LogP contribution in [0, 0.1) is 0 Å². The van der Waals surface area contributed by atoms with E-state index in [4.69, 9.17) is 5.73 Å². The fraction of sp³-hybridized carbons (Fsp3) is 0.143. The van der Waals surface area contributed by atoms with Crippen molar-refractivity contribution < 1.29 is 0 Å². The molecule has 3 rings (SSSR count). The summed E-state index contributed by atoms with van der Waals surface area (Å²) in [6.07, 6.45) is 2.14. The molecule has 0 amide bonds. The molecule has 0 fully saturated rings. The van der Waals surface area contributed by atoms with Crippen LogP contribution in [0.15, 0.2) is 46.4 Å². The molecule has 4 heteroatoms. The van der Waals surface area contributed by atoms with E-state index < -0.39 is 0 Å². The summed E-state index contributed by atoms with van der Waals surface area (Å²) < 4.78 is 3.43. The molecule has 0 radical (unpaired) electrons. The first-order valence-corrected chi connectivity index (χ1v) is 7.44. The molecule has 2 aromatic heterocycles. The first kappa shape index (κ1) is 12.0. The summed E-state index contributed by atoms with van der Waals surface area (Å²) in [6, 6.07) is 10.7. The summed E-state index contributed by atoms with van der Waals surface area (Å²) in [4.78, 5) is 1.35. The van der Waals surface area contributed by atoms with Crippen LogP contribution in [0.25, 0.3) is 10.9 Å². The Hall–Kier alpha value is -1.10. The number of halogens is 1. The zero-order valence-corrected chi connectivity index (χ0v) is 12.2. The summed E-state index contributed by atoms with van der Waals surface area (Å²) in [5.41, 5.74) is 8.10. The quantitative estimate of drug-likeness (QED) is 0.777. The lowest BCUT2D eigenvalue weighted by atomic mass is 10.1. The number of hydrogen-bond acceptors (Lipinski definition) is 2. The molecule has 0 saturated carbocycles. The van der Waals surface area contributed by atoms with Crippen molar-refractivity contribution in [3.63, 3.8) is 0 Å². The molecule has 0 spiro atoms. The van der Waals surface area contributed by atoms with Crippen LogP contribution in [-0.2, 0) is 13.1 Å². The fourth-order valence-electron chi connectivity index (χ4n) is 2.12. The van der Waals surface area contributed by atoms with Crippen LogP contribution >= 0.6 is 27.3 Å². The average molecular weight is 321 g/mol. The van der Waals surface area contributed by atoms with E-state index in [1.54, 1.807) is 11.3 Å². The van der Waals surface area contributed by atoms with Gasteiger partial charge in [-0.25, -0.2) is 0 Å². The minimum Gasteiger partial charge on any atom is -0.342 e. The second-order valence-corrected chi connectivity index (χ2v) is 6.18. The highest BCUT2D eigenvalue weighted by Crippen LogP contribution is 2.23. The van der Waals surface area contributed by atoms with Gasteiger partial charge in [-0.1, -0.05) is 6.07 Å². The van der Waals surface area contributed by atoms with E-state index in [0.717, 1.165) is 11.0 Å². The van der Waals surface area contributed by atoms with Crippen molar-refractivity contribution in [2.75, 3.05) is 0 Å². The molecule has 2 heterocycles. The molecule has 0 aliphatic heterocycles. The minimum atomic E-state index is 0.596. The molecule has 2 N–H and O–H groups in total. The maximum Gasteiger partial charge on any atom is 0.0569 e. The first-order chi connectivity index (χ1) is 8.76. The third-order valence-electron chi connectivity index (χ3n) is 3.02. The van der Waals surface area contributed by atoms with Gasteiger partial charge in [0.2, 0.25) is 0 Å². The minimum absolute atomic E-state index is 0.596. The third-order valence-corrected chi connectivity index (χ3v) is 4.70. The average Bonchev–Trinajstić information content (AvgIpc) is 2.96. The number of nitrogens with zero attached hydrogens (tertiary/aromatic N) is 1. The molecule has 1 aromatic carbocycles. The topological polar surface area (TPSA) is 30.9 Å². The number of thiophene rings is 1. The Balaban J connectivity index is 1.97. The maximum atomic E-state index is 5.66. The van der Waals surface area contributed by atoms with Crippen molar-refractivity contribution in [1.82, 2.24) is 4.57 Å². The number of nitrogens with two attached hydrogens (primary N) is 1. The SMILES string of the molecule is NCc1ccc2c(ccn2Cc2cc(Br)cs2)c1. The van der Waals surface area contributed by atoms with Gasteiger partial charge in [-0.3, -0.25) is 0 Å². The van der Waals surface area contributed by atoms with Crippen LogP contribution < -0.4 is 5.73 Å². The van der Waals surface area contributed by atoms with Gasteiger partial charge < -0.3 is 10.3 Å². The lowest BCUT2D eigenvalue weighted by molar-refractivity contribution is 0.851. The zero-order valence-electron chi connectivity index (χ0n) is 9.77. The molecule has 0 saturated heterocycles. The molecule has 0 bridgehead atoms. The molecule has 3 aromatic rings. The predicted molar refractivity (Wildman–Crippen MR) is 81.0 cm³/mol. The predicted octanol–water partition coefficient (Wildman–Crippen LogP) is 3.97. The molecule has 92 valence electrons. The van der Waals surface area contributed by atoms with E-state index in [1.807, 2.05) is 0 Å². The summed E-state index contributed by atoms with van der Waals surface area (Å²) in [7, 11) is 0. The van der Waals surface area contributed by atoms with Gasteiger partial charge in [-0.15, -0.1) is 11.3 Å². The summed E-state index contributed by atoms with van der Waals surface area (Å²) >= 11 is 5.27. The lowest BCUT2D eigenvalue weighted by Crippen LogP contribution is -1.97. The maximum absolute atomic E-state index is 5.66. The highest BCUT2D eigenvalue weighted by molar-refractivity contribution is 9.10. The number of benzene rings is 1. The van der Waals surface area contributed by atoms with Crippen LogP contribution in [0.4, 0.5) is 0 Å². The number of rotatable bonds is 3. The van der Waals surface area contributed by atoms with Gasteiger partial charge in [0.25, 0.3) is 0 Å². The summed E-state index contributed by atoms with van der Waals surface area (Å²) in [5.74, 6) is 0. The van der Waals surface area contributed by atoms with Gasteiger partial charge in [0.1, 0.15) is 0 Å². The lowest BCUT2D eigenvalue weighted by Gasteiger charge is -2.04. The summed E-state index contributed by atoms with van der Waals surface area (Å²) in [6.45, 7) is 1.51. The van der Waals surface area contributed by atoms with Gasteiger partial charge >= 0.3 is 0 Å². The standard InChI is InChI=1S/C14H13BrN2S/c15-12-6-13(18-9-12)8-17-4-3-11-5-10(7-16)1-2-14(11)17/h1-6,9H,7-8,16H2. The monoisotopic (exact) mass is 320 g/mol. The Bertz CT molecular complexity index is 684. The highest BCUT2D eigenvalue weighted by Gasteiger charge is 2.04. The van der Waals surface area contributed by atoms with Gasteiger partial charge in [0.05, 0.1) is 6.54 Å². The zero-order chi connectivity index (χ0) is 12.5. The van der Waals surface area contributed by atoms with Crippen LogP contribution in [0.3, 0.4) is 0 Å². The summed E-state index contributed by atoms with van der Waals surface area (Å²) in [5, 5.41) is 3.38. The molecule has 2 nitrogen and oxygen atoms in total.